The first-order valence-corrected chi connectivity index (χ1v) is 14.5. The molecule has 0 bridgehead atoms. The highest BCUT2D eigenvalue weighted by atomic mass is 16.5. The normalized spacial score (nSPS) is 11.2. The summed E-state index contributed by atoms with van der Waals surface area (Å²) in [4.78, 5) is 22.3. The van der Waals surface area contributed by atoms with Crippen molar-refractivity contribution in [1.82, 2.24) is 5.32 Å². The summed E-state index contributed by atoms with van der Waals surface area (Å²) in [5.74, 6) is 0.738. The van der Waals surface area contributed by atoms with Crippen LogP contribution in [0.2, 0.25) is 0 Å². The lowest BCUT2D eigenvalue weighted by atomic mass is 9.92. The summed E-state index contributed by atoms with van der Waals surface area (Å²) >= 11 is 0. The highest BCUT2D eigenvalue weighted by Crippen LogP contribution is 2.21. The molecular weight excluding hydrogens is 410 g/mol. The fourth-order valence-corrected chi connectivity index (χ4v) is 4.39. The number of ether oxygens (including phenoxy) is 1. The third-order valence-corrected chi connectivity index (χ3v) is 6.63. The highest BCUT2D eigenvalue weighted by Gasteiger charge is 2.10. The number of unbranched alkanes of at least 4 members (excludes halogenated alkanes) is 13. The second-order valence-corrected chi connectivity index (χ2v) is 9.86. The lowest BCUT2D eigenvalue weighted by Gasteiger charge is -2.16. The Labute approximate surface area is 206 Å². The largest absolute Gasteiger partial charge is 0.466 e. The van der Waals surface area contributed by atoms with Crippen LogP contribution in [0, 0.1) is 5.92 Å². The molecule has 0 atom stereocenters. The molecule has 0 aliphatic carbocycles. The van der Waals surface area contributed by atoms with Gasteiger partial charge in [-0.1, -0.05) is 104 Å². The van der Waals surface area contributed by atoms with Gasteiger partial charge in [0.25, 0.3) is 0 Å². The Morgan fingerprint density at radius 3 is 1.82 bits per heavy atom. The van der Waals surface area contributed by atoms with E-state index in [0.29, 0.717) is 13.0 Å². The molecule has 0 amide bonds. The highest BCUT2D eigenvalue weighted by molar-refractivity contribution is 5.69. The van der Waals surface area contributed by atoms with Gasteiger partial charge in [-0.05, 0) is 51.1 Å². The van der Waals surface area contributed by atoms with Crippen molar-refractivity contribution in [2.24, 2.45) is 5.92 Å². The number of rotatable bonds is 27. The molecule has 4 nitrogen and oxygen atoms in total. The summed E-state index contributed by atoms with van der Waals surface area (Å²) < 4.78 is 5.54. The Morgan fingerprint density at radius 2 is 1.24 bits per heavy atom. The quantitative estimate of drug-likeness (QED) is 0.0752. The van der Waals surface area contributed by atoms with Crippen molar-refractivity contribution >= 4 is 12.3 Å². The fourth-order valence-electron chi connectivity index (χ4n) is 4.39. The predicted molar refractivity (Wildman–Crippen MR) is 142 cm³/mol. The first-order chi connectivity index (χ1) is 16.2. The number of esters is 1. The Kier molecular flexibility index (Phi) is 26.6. The van der Waals surface area contributed by atoms with Gasteiger partial charge >= 0.3 is 5.97 Å². The molecule has 1 N–H and O–H groups in total. The molecule has 196 valence electrons. The molecule has 0 saturated heterocycles. The molecule has 0 aromatic carbocycles. The van der Waals surface area contributed by atoms with Gasteiger partial charge in [0.05, 0.1) is 6.61 Å². The number of nitrogens with one attached hydrogen (secondary N) is 1. The van der Waals surface area contributed by atoms with Crippen LogP contribution in [-0.4, -0.2) is 32.0 Å². The Hall–Kier alpha value is -0.900. The van der Waals surface area contributed by atoms with Gasteiger partial charge in [0.15, 0.2) is 0 Å². The standard InChI is InChI=1S/C29H57NO3/c1-3-5-14-20-28(21-15-6-4-2)23-27-33-29(32)22-16-10-9-12-18-25-30-24-17-11-7-8-13-19-26-31/h26,28,30H,3-25,27H2,1-2H3. The second kappa shape index (κ2) is 27.3. The summed E-state index contributed by atoms with van der Waals surface area (Å²) in [5, 5.41) is 3.53. The maximum Gasteiger partial charge on any atom is 0.305 e. The summed E-state index contributed by atoms with van der Waals surface area (Å²) in [6, 6.07) is 0. The van der Waals surface area contributed by atoms with E-state index in [1.165, 1.54) is 96.3 Å². The Bertz CT molecular complexity index is 404. The molecule has 0 heterocycles. The van der Waals surface area contributed by atoms with Crippen molar-refractivity contribution in [3.63, 3.8) is 0 Å². The minimum absolute atomic E-state index is 0.00342. The van der Waals surface area contributed by atoms with E-state index in [2.05, 4.69) is 19.2 Å². The molecule has 0 unspecified atom stereocenters. The summed E-state index contributed by atoms with van der Waals surface area (Å²) in [7, 11) is 0. The minimum Gasteiger partial charge on any atom is -0.466 e. The molecule has 33 heavy (non-hydrogen) atoms. The van der Waals surface area contributed by atoms with E-state index in [4.69, 9.17) is 4.74 Å². The maximum atomic E-state index is 12.0. The van der Waals surface area contributed by atoms with Crippen molar-refractivity contribution in [3.05, 3.63) is 0 Å². The zero-order valence-electron chi connectivity index (χ0n) is 22.4. The van der Waals surface area contributed by atoms with Gasteiger partial charge in [-0.25, -0.2) is 0 Å². The zero-order valence-corrected chi connectivity index (χ0v) is 22.4. The molecule has 0 rings (SSSR count). The molecule has 0 aromatic rings. The van der Waals surface area contributed by atoms with Gasteiger partial charge in [0.1, 0.15) is 6.29 Å². The van der Waals surface area contributed by atoms with Crippen molar-refractivity contribution < 1.29 is 14.3 Å². The molecule has 0 saturated carbocycles. The fraction of sp³-hybridized carbons (Fsp3) is 0.931. The Morgan fingerprint density at radius 1 is 0.697 bits per heavy atom. The number of hydrogen-bond acceptors (Lipinski definition) is 4. The summed E-state index contributed by atoms with van der Waals surface area (Å²) in [6.07, 6.45) is 25.6. The molecule has 0 aliphatic rings. The molecule has 0 spiro atoms. The van der Waals surface area contributed by atoms with Gasteiger partial charge in [0.2, 0.25) is 0 Å². The van der Waals surface area contributed by atoms with Crippen LogP contribution in [0.4, 0.5) is 0 Å². The Balaban J connectivity index is 3.48. The number of carbonyl (C=O) groups excluding carboxylic acids is 2. The average molecular weight is 468 g/mol. The molecular formula is C29H57NO3. The maximum absolute atomic E-state index is 12.0. The van der Waals surface area contributed by atoms with Gasteiger partial charge in [-0.15, -0.1) is 0 Å². The van der Waals surface area contributed by atoms with E-state index in [9.17, 15) is 9.59 Å². The first kappa shape index (κ1) is 32.1. The van der Waals surface area contributed by atoms with Crippen molar-refractivity contribution in [2.75, 3.05) is 19.7 Å². The number of carbonyl (C=O) groups is 2. The van der Waals surface area contributed by atoms with Crippen LogP contribution in [0.25, 0.3) is 0 Å². The first-order valence-electron chi connectivity index (χ1n) is 14.5. The van der Waals surface area contributed by atoms with Crippen LogP contribution in [0.15, 0.2) is 0 Å². The van der Waals surface area contributed by atoms with E-state index in [-0.39, 0.29) is 5.97 Å². The van der Waals surface area contributed by atoms with Crippen LogP contribution in [0.1, 0.15) is 149 Å². The van der Waals surface area contributed by atoms with Crippen LogP contribution < -0.4 is 5.32 Å². The zero-order chi connectivity index (χ0) is 24.2. The molecule has 0 radical (unpaired) electrons. The summed E-state index contributed by atoms with van der Waals surface area (Å²) in [5.41, 5.74) is 0. The minimum atomic E-state index is 0.00342. The second-order valence-electron chi connectivity index (χ2n) is 9.86. The van der Waals surface area contributed by atoms with Crippen molar-refractivity contribution in [3.8, 4) is 0 Å². The molecule has 0 aromatic heterocycles. The van der Waals surface area contributed by atoms with E-state index in [0.717, 1.165) is 57.4 Å². The smallest absolute Gasteiger partial charge is 0.305 e. The lowest BCUT2D eigenvalue weighted by molar-refractivity contribution is -0.144. The van der Waals surface area contributed by atoms with Crippen LogP contribution >= 0.6 is 0 Å². The SMILES string of the molecule is CCCCCC(CCCCC)CCOC(=O)CCCCCCCNCCCCCCCC=O. The third-order valence-electron chi connectivity index (χ3n) is 6.63. The van der Waals surface area contributed by atoms with Crippen LogP contribution in [0.5, 0.6) is 0 Å². The van der Waals surface area contributed by atoms with Crippen LogP contribution in [-0.2, 0) is 14.3 Å². The van der Waals surface area contributed by atoms with Crippen molar-refractivity contribution in [2.45, 2.75) is 149 Å². The van der Waals surface area contributed by atoms with Gasteiger partial charge < -0.3 is 14.8 Å². The molecule has 4 heteroatoms. The summed E-state index contributed by atoms with van der Waals surface area (Å²) in [6.45, 7) is 7.35. The topological polar surface area (TPSA) is 55.4 Å². The average Bonchev–Trinajstić information content (AvgIpc) is 2.81. The number of hydrogen-bond donors (Lipinski definition) is 1. The molecule has 0 fully saturated rings. The van der Waals surface area contributed by atoms with E-state index < -0.39 is 0 Å². The van der Waals surface area contributed by atoms with E-state index in [1.54, 1.807) is 0 Å². The van der Waals surface area contributed by atoms with Crippen molar-refractivity contribution in [1.29, 1.82) is 0 Å². The van der Waals surface area contributed by atoms with Crippen LogP contribution in [0.3, 0.4) is 0 Å². The van der Waals surface area contributed by atoms with Gasteiger partial charge in [0, 0.05) is 12.8 Å². The van der Waals surface area contributed by atoms with Gasteiger partial charge in [-0.2, -0.15) is 0 Å². The monoisotopic (exact) mass is 467 g/mol. The molecule has 0 aliphatic heterocycles. The van der Waals surface area contributed by atoms with E-state index in [1.807, 2.05) is 0 Å². The third kappa shape index (κ3) is 25.6. The predicted octanol–water partition coefficient (Wildman–Crippen LogP) is 8.17. The van der Waals surface area contributed by atoms with E-state index >= 15 is 0 Å². The number of aldehydes is 1. The van der Waals surface area contributed by atoms with Gasteiger partial charge in [-0.3, -0.25) is 4.79 Å². The lowest BCUT2D eigenvalue weighted by Crippen LogP contribution is -2.16.